The largest absolute Gasteiger partial charge is 0.311 e. The van der Waals surface area contributed by atoms with Gasteiger partial charge in [0.2, 0.25) is 0 Å². The maximum absolute atomic E-state index is 2.47. The number of hydrogen-bond donors (Lipinski definition) is 0. The van der Waals surface area contributed by atoms with Crippen molar-refractivity contribution in [3.8, 4) is 11.1 Å². The lowest BCUT2D eigenvalue weighted by atomic mass is 9.73. The summed E-state index contributed by atoms with van der Waals surface area (Å²) in [6.07, 6.45) is 5.86. The zero-order valence-corrected chi connectivity index (χ0v) is 30.8. The summed E-state index contributed by atoms with van der Waals surface area (Å²) in [4.78, 5) is 4.82. The van der Waals surface area contributed by atoms with Crippen LogP contribution < -0.4 is 9.80 Å². The molecule has 1 saturated carbocycles. The van der Waals surface area contributed by atoms with Crippen molar-refractivity contribution < 1.29 is 0 Å². The van der Waals surface area contributed by atoms with Crippen LogP contribution in [-0.4, -0.2) is 0 Å². The fraction of sp³-hybridized carbons (Fsp3) is 0.176. The van der Waals surface area contributed by atoms with Crippen molar-refractivity contribution in [1.82, 2.24) is 0 Å². The Bertz CT molecular complexity index is 2280. The Morgan fingerprint density at radius 2 is 0.868 bits per heavy atom. The van der Waals surface area contributed by atoms with Crippen molar-refractivity contribution in [2.24, 2.45) is 0 Å². The average molecular weight is 687 g/mol. The van der Waals surface area contributed by atoms with Gasteiger partial charge in [0.25, 0.3) is 0 Å². The summed E-state index contributed by atoms with van der Waals surface area (Å²) < 4.78 is 0. The molecule has 0 amide bonds. The molecule has 0 spiro atoms. The minimum absolute atomic E-state index is 0.00512. The first-order valence-electron chi connectivity index (χ1n) is 19.3. The number of nitrogens with zero attached hydrogens (tertiary/aromatic N) is 2. The Morgan fingerprint density at radius 3 is 1.40 bits per heavy atom. The minimum atomic E-state index is -0.0161. The van der Waals surface area contributed by atoms with E-state index >= 15 is 0 Å². The van der Waals surface area contributed by atoms with Crippen molar-refractivity contribution in [1.29, 1.82) is 0 Å². The molecule has 1 fully saturated rings. The summed E-state index contributed by atoms with van der Waals surface area (Å²) in [5.74, 6) is 0. The Kier molecular flexibility index (Phi) is 8.47. The van der Waals surface area contributed by atoms with E-state index in [9.17, 15) is 0 Å². The third kappa shape index (κ3) is 5.56. The van der Waals surface area contributed by atoms with Crippen LogP contribution in [0.1, 0.15) is 68.2 Å². The van der Waals surface area contributed by atoms with Crippen LogP contribution in [-0.2, 0) is 10.8 Å². The molecule has 7 aromatic rings. The standard InChI is InChI=1S/C51H46N2/c1-3-50(2)46-25-14-13-24-45(46)49-47(50)26-17-27-48(49)53(42-22-11-6-12-23-42)44-34-30-39(31-35-44)51(36-15-16-37-51)38-28-32-43(33-29-38)52(40-18-7-4-8-19-40)41-20-9-5-10-21-41/h4-14,17-35H,3,15-16,36-37H2,1-2H3. The zero-order chi connectivity index (χ0) is 35.8. The Morgan fingerprint density at radius 1 is 0.434 bits per heavy atom. The normalized spacial score (nSPS) is 16.9. The maximum Gasteiger partial charge on any atom is 0.0543 e. The number of hydrogen-bond acceptors (Lipinski definition) is 2. The van der Waals surface area contributed by atoms with Gasteiger partial charge in [-0.25, -0.2) is 0 Å². The third-order valence-corrected chi connectivity index (χ3v) is 12.2. The van der Waals surface area contributed by atoms with Gasteiger partial charge in [-0.2, -0.15) is 0 Å². The molecular weight excluding hydrogens is 641 g/mol. The Hall–Kier alpha value is -5.86. The molecule has 2 aliphatic carbocycles. The highest BCUT2D eigenvalue weighted by molar-refractivity contribution is 5.95. The van der Waals surface area contributed by atoms with Gasteiger partial charge in [0.15, 0.2) is 0 Å². The van der Waals surface area contributed by atoms with Crippen LogP contribution in [0.25, 0.3) is 11.1 Å². The Balaban J connectivity index is 1.11. The van der Waals surface area contributed by atoms with Gasteiger partial charge in [0.1, 0.15) is 0 Å². The van der Waals surface area contributed by atoms with E-state index in [2.05, 4.69) is 206 Å². The smallest absolute Gasteiger partial charge is 0.0543 e. The monoisotopic (exact) mass is 686 g/mol. The van der Waals surface area contributed by atoms with E-state index in [1.807, 2.05) is 0 Å². The first-order valence-corrected chi connectivity index (χ1v) is 19.3. The summed E-state index contributed by atoms with van der Waals surface area (Å²) in [5, 5.41) is 0. The quantitative estimate of drug-likeness (QED) is 0.149. The van der Waals surface area contributed by atoms with E-state index < -0.39 is 0 Å². The molecule has 1 atom stereocenters. The molecule has 9 rings (SSSR count). The second-order valence-electron chi connectivity index (χ2n) is 15.0. The lowest BCUT2D eigenvalue weighted by Gasteiger charge is -2.33. The second kappa shape index (κ2) is 13.6. The first kappa shape index (κ1) is 33.0. The highest BCUT2D eigenvalue weighted by Crippen LogP contribution is 2.56. The van der Waals surface area contributed by atoms with E-state index in [-0.39, 0.29) is 10.8 Å². The molecule has 0 saturated heterocycles. The third-order valence-electron chi connectivity index (χ3n) is 12.2. The van der Waals surface area contributed by atoms with Crippen molar-refractivity contribution in [3.63, 3.8) is 0 Å². The van der Waals surface area contributed by atoms with Gasteiger partial charge >= 0.3 is 0 Å². The van der Waals surface area contributed by atoms with Crippen molar-refractivity contribution in [2.45, 2.75) is 56.8 Å². The van der Waals surface area contributed by atoms with E-state index in [1.165, 1.54) is 69.0 Å². The molecule has 1 unspecified atom stereocenters. The van der Waals surface area contributed by atoms with Crippen molar-refractivity contribution >= 4 is 34.1 Å². The predicted molar refractivity (Wildman–Crippen MR) is 224 cm³/mol. The fourth-order valence-corrected chi connectivity index (χ4v) is 9.36. The topological polar surface area (TPSA) is 6.48 Å². The molecule has 7 aromatic carbocycles. The van der Waals surface area contributed by atoms with Crippen molar-refractivity contribution in [2.75, 3.05) is 9.80 Å². The first-order chi connectivity index (χ1) is 26.1. The highest BCUT2D eigenvalue weighted by atomic mass is 15.1. The van der Waals surface area contributed by atoms with Gasteiger partial charge < -0.3 is 9.80 Å². The summed E-state index contributed by atoms with van der Waals surface area (Å²) >= 11 is 0. The van der Waals surface area contributed by atoms with Gasteiger partial charge in [-0.3, -0.25) is 0 Å². The fourth-order valence-electron chi connectivity index (χ4n) is 9.36. The molecule has 0 N–H and O–H groups in total. The van der Waals surface area contributed by atoms with E-state index in [4.69, 9.17) is 0 Å². The van der Waals surface area contributed by atoms with Gasteiger partial charge in [-0.05, 0) is 114 Å². The van der Waals surface area contributed by atoms with Gasteiger partial charge in [0.05, 0.1) is 5.69 Å². The number of anilines is 6. The van der Waals surface area contributed by atoms with Crippen LogP contribution in [0.5, 0.6) is 0 Å². The number of benzene rings is 7. The molecule has 2 nitrogen and oxygen atoms in total. The maximum atomic E-state index is 2.47. The van der Waals surface area contributed by atoms with Crippen LogP contribution in [0.15, 0.2) is 182 Å². The van der Waals surface area contributed by atoms with Crippen molar-refractivity contribution in [3.05, 3.63) is 204 Å². The molecule has 2 heteroatoms. The summed E-state index contributed by atoms with van der Waals surface area (Å²) in [6, 6.07) is 67.2. The molecule has 0 aliphatic heterocycles. The molecule has 2 aliphatic rings. The van der Waals surface area contributed by atoms with Gasteiger partial charge in [-0.1, -0.05) is 142 Å². The lowest BCUT2D eigenvalue weighted by molar-refractivity contribution is 0.535. The van der Waals surface area contributed by atoms with Gasteiger partial charge in [0, 0.05) is 44.8 Å². The summed E-state index contributed by atoms with van der Waals surface area (Å²) in [7, 11) is 0. The molecule has 53 heavy (non-hydrogen) atoms. The van der Waals surface area contributed by atoms with Crippen LogP contribution >= 0.6 is 0 Å². The van der Waals surface area contributed by atoms with E-state index in [1.54, 1.807) is 0 Å². The van der Waals surface area contributed by atoms with E-state index in [0.29, 0.717) is 0 Å². The molecule has 0 heterocycles. The zero-order valence-electron chi connectivity index (χ0n) is 30.8. The lowest BCUT2D eigenvalue weighted by Crippen LogP contribution is -2.24. The average Bonchev–Trinajstić information content (AvgIpc) is 3.83. The van der Waals surface area contributed by atoms with Gasteiger partial charge in [-0.15, -0.1) is 0 Å². The highest BCUT2D eigenvalue weighted by Gasteiger charge is 2.40. The molecule has 0 aromatic heterocycles. The Labute approximate surface area is 315 Å². The summed E-state index contributed by atoms with van der Waals surface area (Å²) in [5.41, 5.74) is 15.4. The molecule has 0 radical (unpaired) electrons. The van der Waals surface area contributed by atoms with Crippen LogP contribution in [0.4, 0.5) is 34.1 Å². The minimum Gasteiger partial charge on any atom is -0.311 e. The number of rotatable bonds is 9. The summed E-state index contributed by atoms with van der Waals surface area (Å²) in [6.45, 7) is 4.73. The van der Waals surface area contributed by atoms with Crippen LogP contribution in [0.3, 0.4) is 0 Å². The SMILES string of the molecule is CCC1(C)c2ccccc2-c2c(N(c3ccccc3)c3ccc(C4(c5ccc(N(c6ccccc6)c6ccccc6)cc5)CCCC4)cc3)cccc21. The molecule has 0 bridgehead atoms. The molecular formula is C51H46N2. The van der Waals surface area contributed by atoms with Crippen LogP contribution in [0, 0.1) is 0 Å². The van der Waals surface area contributed by atoms with E-state index in [0.717, 1.165) is 30.6 Å². The van der Waals surface area contributed by atoms with Crippen LogP contribution in [0.2, 0.25) is 0 Å². The molecule has 260 valence electrons. The number of para-hydroxylation sites is 3. The second-order valence-corrected chi connectivity index (χ2v) is 15.0. The number of fused-ring (bicyclic) bond motifs is 3. The predicted octanol–water partition coefficient (Wildman–Crippen LogP) is 14.2.